The summed E-state index contributed by atoms with van der Waals surface area (Å²) in [6.07, 6.45) is 0. The van der Waals surface area contributed by atoms with E-state index in [1.54, 1.807) is 24.1 Å². The van der Waals surface area contributed by atoms with E-state index in [9.17, 15) is 9.59 Å². The minimum atomic E-state index is -0.201. The van der Waals surface area contributed by atoms with Crippen molar-refractivity contribution in [3.05, 3.63) is 48.0 Å². The summed E-state index contributed by atoms with van der Waals surface area (Å²) >= 11 is 3.09. The lowest BCUT2D eigenvalue weighted by molar-refractivity contribution is -0.115. The van der Waals surface area contributed by atoms with Gasteiger partial charge in [0, 0.05) is 21.0 Å². The van der Waals surface area contributed by atoms with Gasteiger partial charge in [-0.1, -0.05) is 6.07 Å². The summed E-state index contributed by atoms with van der Waals surface area (Å²) in [5.74, 6) is -0.240. The molecule has 0 saturated carbocycles. The van der Waals surface area contributed by atoms with E-state index in [0.717, 1.165) is 15.5 Å². The maximum absolute atomic E-state index is 12.5. The first-order valence-electron chi connectivity index (χ1n) is 7.80. The van der Waals surface area contributed by atoms with Crippen molar-refractivity contribution in [1.82, 2.24) is 4.31 Å². The minimum Gasteiger partial charge on any atom is -0.324 e. The quantitative estimate of drug-likeness (QED) is 0.795. The van der Waals surface area contributed by atoms with Gasteiger partial charge in [0.1, 0.15) is 0 Å². The van der Waals surface area contributed by atoms with E-state index in [2.05, 4.69) is 10.6 Å². The average Bonchev–Trinajstić information content (AvgIpc) is 2.55. The summed E-state index contributed by atoms with van der Waals surface area (Å²) < 4.78 is 1.99. The molecule has 7 heteroatoms. The molecule has 0 aliphatic carbocycles. The predicted molar refractivity (Wildman–Crippen MR) is 104 cm³/mol. The zero-order chi connectivity index (χ0) is 18.0. The Morgan fingerprint density at radius 3 is 2.80 bits per heavy atom. The Bertz CT molecular complexity index is 824. The van der Waals surface area contributed by atoms with Crippen molar-refractivity contribution in [2.75, 3.05) is 24.7 Å². The Balaban J connectivity index is 1.76. The molecule has 0 bridgehead atoms. The molecule has 1 atom stereocenters. The monoisotopic (exact) mass is 373 g/mol. The standard InChI is InChI=1S/C18H19N3O2S2/c1-11-17(22)20-15-9-12(7-8-16(15)24-11)18(23)19-13-5-4-6-14(10-13)25-21(2)3/h4-11H,1-3H3,(H,19,23)(H,20,22)/t11-/m1/s1. The lowest BCUT2D eigenvalue weighted by atomic mass is 10.1. The number of nitrogens with zero attached hydrogens (tertiary/aromatic N) is 1. The van der Waals surface area contributed by atoms with Gasteiger partial charge in [-0.05, 0) is 69.4 Å². The number of carbonyl (C=O) groups excluding carboxylic acids is 2. The van der Waals surface area contributed by atoms with Crippen LogP contribution in [0.15, 0.2) is 52.3 Å². The van der Waals surface area contributed by atoms with Crippen molar-refractivity contribution in [3.63, 3.8) is 0 Å². The number of amides is 2. The highest BCUT2D eigenvalue weighted by atomic mass is 32.2. The molecule has 1 aliphatic heterocycles. The van der Waals surface area contributed by atoms with Crippen molar-refractivity contribution in [2.24, 2.45) is 0 Å². The molecule has 130 valence electrons. The second-order valence-electron chi connectivity index (χ2n) is 5.85. The molecule has 3 rings (SSSR count). The molecular formula is C18H19N3O2S2. The van der Waals surface area contributed by atoms with Crippen LogP contribution < -0.4 is 10.6 Å². The highest BCUT2D eigenvalue weighted by Gasteiger charge is 2.23. The molecule has 2 aromatic carbocycles. The van der Waals surface area contributed by atoms with Gasteiger partial charge >= 0.3 is 0 Å². The number of rotatable bonds is 4. The van der Waals surface area contributed by atoms with E-state index in [4.69, 9.17) is 0 Å². The van der Waals surface area contributed by atoms with E-state index >= 15 is 0 Å². The summed E-state index contributed by atoms with van der Waals surface area (Å²) in [5.41, 5.74) is 1.94. The van der Waals surface area contributed by atoms with Crippen molar-refractivity contribution >= 4 is 46.9 Å². The smallest absolute Gasteiger partial charge is 0.255 e. The van der Waals surface area contributed by atoms with Crippen LogP contribution in [0.2, 0.25) is 0 Å². The summed E-state index contributed by atoms with van der Waals surface area (Å²) in [7, 11) is 3.94. The molecular weight excluding hydrogens is 354 g/mol. The number of carbonyl (C=O) groups is 2. The van der Waals surface area contributed by atoms with Crippen LogP contribution in [0.1, 0.15) is 17.3 Å². The normalized spacial score (nSPS) is 16.3. The van der Waals surface area contributed by atoms with Crippen LogP contribution in [0.25, 0.3) is 0 Å². The van der Waals surface area contributed by atoms with E-state index in [1.807, 2.05) is 55.7 Å². The number of anilines is 2. The van der Waals surface area contributed by atoms with Crippen molar-refractivity contribution in [2.45, 2.75) is 22.0 Å². The second kappa shape index (κ2) is 7.51. The molecule has 0 spiro atoms. The Labute approximate surface area is 155 Å². The van der Waals surface area contributed by atoms with E-state index in [0.29, 0.717) is 11.3 Å². The zero-order valence-corrected chi connectivity index (χ0v) is 15.8. The third-order valence-corrected chi connectivity index (χ3v) is 5.56. The molecule has 2 N–H and O–H groups in total. The first kappa shape index (κ1) is 17.8. The number of hydrogen-bond acceptors (Lipinski definition) is 5. The summed E-state index contributed by atoms with van der Waals surface area (Å²) in [4.78, 5) is 26.4. The lowest BCUT2D eigenvalue weighted by Crippen LogP contribution is -2.26. The lowest BCUT2D eigenvalue weighted by Gasteiger charge is -2.21. The first-order valence-corrected chi connectivity index (χ1v) is 9.46. The van der Waals surface area contributed by atoms with E-state index in [-0.39, 0.29) is 17.1 Å². The van der Waals surface area contributed by atoms with Crippen LogP contribution in [-0.2, 0) is 4.79 Å². The molecule has 0 saturated heterocycles. The Kier molecular flexibility index (Phi) is 5.36. The number of fused-ring (bicyclic) bond motifs is 1. The van der Waals surface area contributed by atoms with Gasteiger partial charge in [-0.15, -0.1) is 11.8 Å². The molecule has 5 nitrogen and oxygen atoms in total. The van der Waals surface area contributed by atoms with E-state index in [1.165, 1.54) is 11.8 Å². The molecule has 2 aromatic rings. The molecule has 1 heterocycles. The zero-order valence-electron chi connectivity index (χ0n) is 14.2. The number of thioether (sulfide) groups is 1. The van der Waals surface area contributed by atoms with Gasteiger partial charge in [0.2, 0.25) is 5.91 Å². The number of benzene rings is 2. The maximum Gasteiger partial charge on any atom is 0.255 e. The molecule has 25 heavy (non-hydrogen) atoms. The van der Waals surface area contributed by atoms with E-state index < -0.39 is 0 Å². The number of nitrogens with one attached hydrogen (secondary N) is 2. The Morgan fingerprint density at radius 1 is 1.24 bits per heavy atom. The van der Waals surface area contributed by atoms with Gasteiger partial charge in [-0.25, -0.2) is 0 Å². The van der Waals surface area contributed by atoms with Crippen molar-refractivity contribution in [3.8, 4) is 0 Å². The van der Waals surface area contributed by atoms with Gasteiger partial charge < -0.3 is 10.6 Å². The fraction of sp³-hybridized carbons (Fsp3) is 0.222. The SMILES string of the molecule is C[C@H]1Sc2ccc(C(=O)Nc3cccc(SN(C)C)c3)cc2NC1=O. The van der Waals surface area contributed by atoms with Gasteiger partial charge in [-0.2, -0.15) is 0 Å². The van der Waals surface area contributed by atoms with Crippen LogP contribution in [0, 0.1) is 0 Å². The second-order valence-corrected chi connectivity index (χ2v) is 8.61. The third kappa shape index (κ3) is 4.36. The third-order valence-electron chi connectivity index (χ3n) is 3.55. The highest BCUT2D eigenvalue weighted by Crippen LogP contribution is 2.36. The van der Waals surface area contributed by atoms with Crippen LogP contribution in [0.3, 0.4) is 0 Å². The highest BCUT2D eigenvalue weighted by molar-refractivity contribution is 8.01. The van der Waals surface area contributed by atoms with Gasteiger partial charge in [0.15, 0.2) is 0 Å². The average molecular weight is 374 g/mol. The van der Waals surface area contributed by atoms with Crippen LogP contribution in [0.4, 0.5) is 11.4 Å². The molecule has 2 amide bonds. The van der Waals surface area contributed by atoms with Gasteiger partial charge in [0.25, 0.3) is 5.91 Å². The number of hydrogen-bond donors (Lipinski definition) is 2. The van der Waals surface area contributed by atoms with Crippen LogP contribution in [-0.4, -0.2) is 35.5 Å². The minimum absolute atomic E-state index is 0.0385. The largest absolute Gasteiger partial charge is 0.324 e. The van der Waals surface area contributed by atoms with Crippen LogP contribution >= 0.6 is 23.7 Å². The predicted octanol–water partition coefficient (Wildman–Crippen LogP) is 3.94. The Morgan fingerprint density at radius 2 is 2.04 bits per heavy atom. The molecule has 0 aromatic heterocycles. The fourth-order valence-corrected chi connectivity index (χ4v) is 4.07. The first-order chi connectivity index (χ1) is 11.9. The molecule has 0 unspecified atom stereocenters. The molecule has 0 fully saturated rings. The maximum atomic E-state index is 12.5. The van der Waals surface area contributed by atoms with Crippen molar-refractivity contribution in [1.29, 1.82) is 0 Å². The Hall–Kier alpha value is -1.96. The van der Waals surface area contributed by atoms with Crippen LogP contribution in [0.5, 0.6) is 0 Å². The molecule has 1 aliphatic rings. The summed E-state index contributed by atoms with van der Waals surface area (Å²) in [6.45, 7) is 1.86. The van der Waals surface area contributed by atoms with Crippen molar-refractivity contribution < 1.29 is 9.59 Å². The summed E-state index contributed by atoms with van der Waals surface area (Å²) in [5, 5.41) is 5.64. The van der Waals surface area contributed by atoms with Gasteiger partial charge in [-0.3, -0.25) is 13.9 Å². The van der Waals surface area contributed by atoms with Gasteiger partial charge in [0.05, 0.1) is 10.9 Å². The molecule has 0 radical (unpaired) electrons. The topological polar surface area (TPSA) is 61.4 Å². The summed E-state index contributed by atoms with van der Waals surface area (Å²) in [6, 6.07) is 13.1. The fourth-order valence-electron chi connectivity index (χ4n) is 2.39.